The number of amides is 1. The Labute approximate surface area is 132 Å². The summed E-state index contributed by atoms with van der Waals surface area (Å²) >= 11 is 0. The summed E-state index contributed by atoms with van der Waals surface area (Å²) in [6, 6.07) is 2.93. The molecule has 3 N–H and O–H groups in total. The van der Waals surface area contributed by atoms with Crippen molar-refractivity contribution in [2.45, 2.75) is 33.2 Å². The second-order valence-corrected chi connectivity index (χ2v) is 6.13. The van der Waals surface area contributed by atoms with Gasteiger partial charge in [-0.15, -0.1) is 0 Å². The van der Waals surface area contributed by atoms with Crippen molar-refractivity contribution in [3.05, 3.63) is 28.8 Å². The minimum absolute atomic E-state index is 0.0302. The van der Waals surface area contributed by atoms with Crippen LogP contribution in [0, 0.1) is 13.8 Å². The smallest absolute Gasteiger partial charge is 0.239 e. The quantitative estimate of drug-likeness (QED) is 0.872. The molecule has 1 aromatic carbocycles. The highest BCUT2D eigenvalue weighted by molar-refractivity contribution is 5.82. The predicted octanol–water partition coefficient (Wildman–Crippen LogP) is 1.04. The van der Waals surface area contributed by atoms with Gasteiger partial charge >= 0.3 is 0 Å². The van der Waals surface area contributed by atoms with E-state index in [-0.39, 0.29) is 11.7 Å². The third kappa shape index (κ3) is 3.78. The van der Waals surface area contributed by atoms with Crippen LogP contribution in [-0.4, -0.2) is 59.6 Å². The first kappa shape index (κ1) is 16.8. The number of aromatic hydroxyl groups is 1. The molecular weight excluding hydrogens is 278 g/mol. The molecule has 1 fully saturated rings. The van der Waals surface area contributed by atoms with Crippen LogP contribution in [-0.2, 0) is 11.2 Å². The molecule has 0 spiro atoms. The zero-order chi connectivity index (χ0) is 16.3. The summed E-state index contributed by atoms with van der Waals surface area (Å²) in [7, 11) is 0. The van der Waals surface area contributed by atoms with Crippen molar-refractivity contribution >= 4 is 5.91 Å². The Bertz CT molecular complexity index is 514. The molecule has 1 aliphatic heterocycles. The van der Waals surface area contributed by atoms with Crippen molar-refractivity contribution < 1.29 is 9.90 Å². The van der Waals surface area contributed by atoms with E-state index < -0.39 is 6.04 Å². The number of aryl methyl sites for hydroxylation is 2. The highest BCUT2D eigenvalue weighted by atomic mass is 16.3. The summed E-state index contributed by atoms with van der Waals surface area (Å²) < 4.78 is 0. The van der Waals surface area contributed by atoms with Crippen molar-refractivity contribution in [2.24, 2.45) is 5.73 Å². The topological polar surface area (TPSA) is 69.8 Å². The minimum atomic E-state index is -0.518. The number of piperazine rings is 1. The summed E-state index contributed by atoms with van der Waals surface area (Å²) in [4.78, 5) is 16.7. The van der Waals surface area contributed by atoms with Gasteiger partial charge in [0.25, 0.3) is 0 Å². The molecular formula is C17H27N3O2. The first-order valence-corrected chi connectivity index (χ1v) is 7.98. The molecule has 0 radical (unpaired) electrons. The highest BCUT2D eigenvalue weighted by Gasteiger charge is 2.25. The van der Waals surface area contributed by atoms with Crippen LogP contribution < -0.4 is 5.73 Å². The molecule has 0 aromatic heterocycles. The van der Waals surface area contributed by atoms with Crippen LogP contribution in [0.2, 0.25) is 0 Å². The number of phenols is 1. The Morgan fingerprint density at radius 1 is 1.23 bits per heavy atom. The molecule has 0 aliphatic carbocycles. The maximum atomic E-state index is 12.5. The van der Waals surface area contributed by atoms with Crippen LogP contribution in [0.15, 0.2) is 12.1 Å². The normalized spacial score (nSPS) is 17.5. The van der Waals surface area contributed by atoms with Crippen LogP contribution in [0.5, 0.6) is 5.75 Å². The van der Waals surface area contributed by atoms with Gasteiger partial charge < -0.3 is 20.6 Å². The number of rotatable bonds is 4. The van der Waals surface area contributed by atoms with Gasteiger partial charge in [-0.3, -0.25) is 4.79 Å². The molecule has 1 atom stereocenters. The van der Waals surface area contributed by atoms with E-state index in [1.54, 1.807) is 12.1 Å². The van der Waals surface area contributed by atoms with Gasteiger partial charge in [0.2, 0.25) is 5.91 Å². The standard InChI is InChI=1S/C17H27N3O2/c1-4-19-5-7-20(8-6-19)17(22)16(18)11-15-12(2)9-14(21)10-13(15)3/h9-10,16,21H,4-8,11,18H2,1-3H3/t16-/m0/s1. The van der Waals surface area contributed by atoms with E-state index >= 15 is 0 Å². The Morgan fingerprint density at radius 2 is 1.77 bits per heavy atom. The monoisotopic (exact) mass is 305 g/mol. The van der Waals surface area contributed by atoms with Gasteiger partial charge in [-0.05, 0) is 55.6 Å². The lowest BCUT2D eigenvalue weighted by Gasteiger charge is -2.35. The Balaban J connectivity index is 2.00. The fraction of sp³-hybridized carbons (Fsp3) is 0.588. The molecule has 1 aliphatic rings. The second kappa shape index (κ2) is 7.11. The summed E-state index contributed by atoms with van der Waals surface area (Å²) in [6.07, 6.45) is 0.519. The summed E-state index contributed by atoms with van der Waals surface area (Å²) in [6.45, 7) is 10.4. The second-order valence-electron chi connectivity index (χ2n) is 6.13. The van der Waals surface area contributed by atoms with Gasteiger partial charge in [-0.1, -0.05) is 6.92 Å². The van der Waals surface area contributed by atoms with Crippen molar-refractivity contribution in [1.82, 2.24) is 9.80 Å². The molecule has 0 saturated carbocycles. The molecule has 5 heteroatoms. The lowest BCUT2D eigenvalue weighted by molar-refractivity contribution is -0.134. The Morgan fingerprint density at radius 3 is 2.27 bits per heavy atom. The third-order valence-electron chi connectivity index (χ3n) is 4.55. The number of hydrogen-bond acceptors (Lipinski definition) is 4. The first-order valence-electron chi connectivity index (χ1n) is 7.98. The van der Waals surface area contributed by atoms with Gasteiger partial charge in [0.05, 0.1) is 6.04 Å². The van der Waals surface area contributed by atoms with Crippen LogP contribution in [0.1, 0.15) is 23.6 Å². The van der Waals surface area contributed by atoms with Crippen LogP contribution in [0.25, 0.3) is 0 Å². The number of carbonyl (C=O) groups is 1. The lowest BCUT2D eigenvalue weighted by Crippen LogP contribution is -2.53. The third-order valence-corrected chi connectivity index (χ3v) is 4.55. The lowest BCUT2D eigenvalue weighted by atomic mass is 9.95. The van der Waals surface area contributed by atoms with Gasteiger partial charge in [0.1, 0.15) is 5.75 Å². The van der Waals surface area contributed by atoms with Gasteiger partial charge in [-0.25, -0.2) is 0 Å². The zero-order valence-electron chi connectivity index (χ0n) is 13.8. The number of carbonyl (C=O) groups excluding carboxylic acids is 1. The Kier molecular flexibility index (Phi) is 5.42. The molecule has 22 heavy (non-hydrogen) atoms. The summed E-state index contributed by atoms with van der Waals surface area (Å²) in [5.74, 6) is 0.289. The van der Waals surface area contributed by atoms with E-state index in [1.165, 1.54) is 0 Å². The molecule has 5 nitrogen and oxygen atoms in total. The van der Waals surface area contributed by atoms with E-state index in [0.29, 0.717) is 6.42 Å². The van der Waals surface area contributed by atoms with E-state index in [0.717, 1.165) is 49.4 Å². The molecule has 1 amide bonds. The maximum Gasteiger partial charge on any atom is 0.239 e. The fourth-order valence-corrected chi connectivity index (χ4v) is 3.12. The molecule has 0 bridgehead atoms. The maximum absolute atomic E-state index is 12.5. The van der Waals surface area contributed by atoms with Crippen molar-refractivity contribution in [3.8, 4) is 5.75 Å². The van der Waals surface area contributed by atoms with E-state index in [1.807, 2.05) is 18.7 Å². The number of hydrogen-bond donors (Lipinski definition) is 2. The number of benzene rings is 1. The van der Waals surface area contributed by atoms with E-state index in [2.05, 4.69) is 11.8 Å². The number of nitrogens with zero attached hydrogens (tertiary/aromatic N) is 2. The first-order chi connectivity index (χ1) is 10.4. The van der Waals surface area contributed by atoms with Gasteiger partial charge in [0.15, 0.2) is 0 Å². The minimum Gasteiger partial charge on any atom is -0.508 e. The average molecular weight is 305 g/mol. The zero-order valence-corrected chi connectivity index (χ0v) is 13.8. The number of phenolic OH excluding ortho intramolecular Hbond substituents is 1. The molecule has 1 saturated heterocycles. The molecule has 2 rings (SSSR count). The highest BCUT2D eigenvalue weighted by Crippen LogP contribution is 2.22. The van der Waals surface area contributed by atoms with E-state index in [4.69, 9.17) is 5.73 Å². The number of likely N-dealkylation sites (N-methyl/N-ethyl adjacent to an activating group) is 1. The van der Waals surface area contributed by atoms with Gasteiger partial charge in [0, 0.05) is 26.2 Å². The molecule has 122 valence electrons. The molecule has 1 heterocycles. The van der Waals surface area contributed by atoms with Gasteiger partial charge in [-0.2, -0.15) is 0 Å². The summed E-state index contributed by atoms with van der Waals surface area (Å²) in [5.41, 5.74) is 9.18. The summed E-state index contributed by atoms with van der Waals surface area (Å²) in [5, 5.41) is 9.60. The van der Waals surface area contributed by atoms with Crippen molar-refractivity contribution in [2.75, 3.05) is 32.7 Å². The Hall–Kier alpha value is -1.59. The van der Waals surface area contributed by atoms with Crippen LogP contribution in [0.3, 0.4) is 0 Å². The largest absolute Gasteiger partial charge is 0.508 e. The number of nitrogens with two attached hydrogens (primary N) is 1. The predicted molar refractivity (Wildman–Crippen MR) is 88.0 cm³/mol. The van der Waals surface area contributed by atoms with Crippen LogP contribution in [0.4, 0.5) is 0 Å². The SMILES string of the molecule is CCN1CCN(C(=O)[C@@H](N)Cc2c(C)cc(O)cc2C)CC1. The van der Waals surface area contributed by atoms with Crippen molar-refractivity contribution in [1.29, 1.82) is 0 Å². The van der Waals surface area contributed by atoms with E-state index in [9.17, 15) is 9.90 Å². The molecule has 1 aromatic rings. The van der Waals surface area contributed by atoms with Crippen LogP contribution >= 0.6 is 0 Å². The molecule has 0 unspecified atom stereocenters. The average Bonchev–Trinajstić information content (AvgIpc) is 2.50. The fourth-order valence-electron chi connectivity index (χ4n) is 3.12. The van der Waals surface area contributed by atoms with Crippen molar-refractivity contribution in [3.63, 3.8) is 0 Å².